The fraction of sp³-hybridized carbons (Fsp3) is 0.484. The second kappa shape index (κ2) is 9.60. The van der Waals surface area contributed by atoms with E-state index in [2.05, 4.69) is 79.8 Å². The minimum Gasteiger partial charge on any atom is -0.0805 e. The molecule has 0 amide bonds. The molecule has 0 heterocycles. The van der Waals surface area contributed by atoms with Crippen molar-refractivity contribution in [1.29, 1.82) is 0 Å². The Labute approximate surface area is 189 Å². The molecule has 0 N–H and O–H groups in total. The first-order valence-corrected chi connectivity index (χ1v) is 12.7. The Morgan fingerprint density at radius 3 is 2.29 bits per heavy atom. The molecular weight excluding hydrogens is 372 g/mol. The molecule has 0 nitrogen and oxygen atoms in total. The third kappa shape index (κ3) is 4.89. The summed E-state index contributed by atoms with van der Waals surface area (Å²) in [6, 6.07) is 11.1. The molecule has 1 aromatic rings. The van der Waals surface area contributed by atoms with E-state index in [0.29, 0.717) is 0 Å². The Kier molecular flexibility index (Phi) is 6.44. The van der Waals surface area contributed by atoms with Crippen molar-refractivity contribution in [3.63, 3.8) is 0 Å². The van der Waals surface area contributed by atoms with E-state index in [1.54, 1.807) is 16.7 Å². The van der Waals surface area contributed by atoms with Crippen LogP contribution in [0.5, 0.6) is 0 Å². The van der Waals surface area contributed by atoms with Gasteiger partial charge in [0.25, 0.3) is 0 Å². The average molecular weight is 411 g/mol. The summed E-state index contributed by atoms with van der Waals surface area (Å²) in [6.07, 6.45) is 28.6. The number of allylic oxidation sites excluding steroid dienone is 10. The molecule has 3 atom stereocenters. The van der Waals surface area contributed by atoms with Crippen LogP contribution in [0.15, 0.2) is 89.6 Å². The van der Waals surface area contributed by atoms with Gasteiger partial charge in [0, 0.05) is 0 Å². The summed E-state index contributed by atoms with van der Waals surface area (Å²) >= 11 is 0. The summed E-state index contributed by atoms with van der Waals surface area (Å²) in [6.45, 7) is 2.55. The molecular formula is C31H38. The first-order chi connectivity index (χ1) is 15.3. The van der Waals surface area contributed by atoms with Crippen molar-refractivity contribution in [2.24, 2.45) is 29.6 Å². The molecule has 0 spiro atoms. The summed E-state index contributed by atoms with van der Waals surface area (Å²) in [5.74, 6) is 4.08. The van der Waals surface area contributed by atoms with Gasteiger partial charge in [-0.3, -0.25) is 0 Å². The molecule has 1 aromatic carbocycles. The summed E-state index contributed by atoms with van der Waals surface area (Å²) in [5, 5.41) is 0. The molecule has 0 saturated heterocycles. The van der Waals surface area contributed by atoms with Crippen LogP contribution < -0.4 is 0 Å². The molecule has 0 aromatic heterocycles. The fourth-order valence-corrected chi connectivity index (χ4v) is 6.69. The number of hydrogen-bond acceptors (Lipinski definition) is 0. The normalized spacial score (nSPS) is 30.9. The Bertz CT molecular complexity index is 899. The topological polar surface area (TPSA) is 0 Å². The Morgan fingerprint density at radius 1 is 0.839 bits per heavy atom. The van der Waals surface area contributed by atoms with Crippen molar-refractivity contribution in [1.82, 2.24) is 0 Å². The molecule has 0 heteroatoms. The largest absolute Gasteiger partial charge is 0.0805 e. The van der Waals surface area contributed by atoms with Crippen LogP contribution in [0.1, 0.15) is 63.9 Å². The van der Waals surface area contributed by atoms with E-state index >= 15 is 0 Å². The maximum atomic E-state index is 2.69. The smallest absolute Gasteiger partial charge is 0.00908 e. The lowest BCUT2D eigenvalue weighted by Crippen LogP contribution is -2.23. The highest BCUT2D eigenvalue weighted by atomic mass is 14.4. The van der Waals surface area contributed by atoms with Gasteiger partial charge < -0.3 is 0 Å². The quantitative estimate of drug-likeness (QED) is 0.423. The van der Waals surface area contributed by atoms with Gasteiger partial charge in [-0.25, -0.2) is 0 Å². The van der Waals surface area contributed by atoms with E-state index in [4.69, 9.17) is 0 Å². The molecule has 0 radical (unpaired) electrons. The predicted octanol–water partition coefficient (Wildman–Crippen LogP) is 8.40. The SMILES string of the molecule is CC(CC1CCC(Cc2ccccc2)CC1)C1C=C(C2=CC=CC2)CC1C1=CC=CC1. The van der Waals surface area contributed by atoms with Gasteiger partial charge in [0.15, 0.2) is 0 Å². The average Bonchev–Trinajstić information content (AvgIpc) is 3.56. The van der Waals surface area contributed by atoms with Gasteiger partial charge in [0.05, 0.1) is 0 Å². The zero-order valence-electron chi connectivity index (χ0n) is 19.2. The molecule has 162 valence electrons. The molecule has 0 bridgehead atoms. The van der Waals surface area contributed by atoms with Crippen LogP contribution >= 0.6 is 0 Å². The summed E-state index contributed by atoms with van der Waals surface area (Å²) in [7, 11) is 0. The van der Waals surface area contributed by atoms with E-state index in [1.807, 2.05) is 0 Å². The van der Waals surface area contributed by atoms with Crippen molar-refractivity contribution < 1.29 is 0 Å². The molecule has 0 aliphatic heterocycles. The molecule has 5 rings (SSSR count). The summed E-state index contributed by atoms with van der Waals surface area (Å²) in [4.78, 5) is 0. The molecule has 3 unspecified atom stereocenters. The van der Waals surface area contributed by atoms with E-state index in [-0.39, 0.29) is 0 Å². The Morgan fingerprint density at radius 2 is 1.58 bits per heavy atom. The van der Waals surface area contributed by atoms with Crippen LogP contribution in [0, 0.1) is 29.6 Å². The number of rotatable bonds is 7. The Balaban J connectivity index is 1.19. The zero-order chi connectivity index (χ0) is 21.0. The number of benzene rings is 1. The highest BCUT2D eigenvalue weighted by Crippen LogP contribution is 2.47. The summed E-state index contributed by atoms with van der Waals surface area (Å²) in [5.41, 5.74) is 6.43. The van der Waals surface area contributed by atoms with Crippen LogP contribution in [-0.2, 0) is 6.42 Å². The van der Waals surface area contributed by atoms with Gasteiger partial charge in [-0.2, -0.15) is 0 Å². The van der Waals surface area contributed by atoms with E-state index < -0.39 is 0 Å². The van der Waals surface area contributed by atoms with Crippen molar-refractivity contribution in [2.45, 2.75) is 64.7 Å². The first kappa shape index (κ1) is 20.8. The highest BCUT2D eigenvalue weighted by Gasteiger charge is 2.36. The van der Waals surface area contributed by atoms with Gasteiger partial charge in [-0.1, -0.05) is 98.2 Å². The minimum atomic E-state index is 0.727. The first-order valence-electron chi connectivity index (χ1n) is 12.7. The third-order valence-electron chi connectivity index (χ3n) is 8.45. The second-order valence-corrected chi connectivity index (χ2v) is 10.6. The van der Waals surface area contributed by atoms with Crippen molar-refractivity contribution >= 4 is 0 Å². The Hall–Kier alpha value is -2.08. The van der Waals surface area contributed by atoms with Crippen LogP contribution in [0.25, 0.3) is 0 Å². The predicted molar refractivity (Wildman–Crippen MR) is 133 cm³/mol. The monoisotopic (exact) mass is 410 g/mol. The van der Waals surface area contributed by atoms with Gasteiger partial charge in [-0.15, -0.1) is 0 Å². The highest BCUT2D eigenvalue weighted by molar-refractivity contribution is 5.44. The lowest BCUT2D eigenvalue weighted by Gasteiger charge is -2.33. The lowest BCUT2D eigenvalue weighted by atomic mass is 9.72. The van der Waals surface area contributed by atoms with Gasteiger partial charge >= 0.3 is 0 Å². The van der Waals surface area contributed by atoms with Crippen molar-refractivity contribution in [3.05, 3.63) is 95.1 Å². The molecule has 1 saturated carbocycles. The van der Waals surface area contributed by atoms with Crippen LogP contribution in [0.3, 0.4) is 0 Å². The maximum Gasteiger partial charge on any atom is -0.00908 e. The van der Waals surface area contributed by atoms with E-state index in [9.17, 15) is 0 Å². The number of hydrogen-bond donors (Lipinski definition) is 0. The van der Waals surface area contributed by atoms with Crippen LogP contribution in [-0.4, -0.2) is 0 Å². The molecule has 4 aliphatic rings. The van der Waals surface area contributed by atoms with Crippen molar-refractivity contribution in [2.75, 3.05) is 0 Å². The van der Waals surface area contributed by atoms with Crippen molar-refractivity contribution in [3.8, 4) is 0 Å². The standard InChI is InChI=1S/C31H38/c1-23(19-25-15-17-26(18-16-25)20-24-9-3-2-4-10-24)30-21-29(27-11-5-6-12-27)22-31(30)28-13-7-8-14-28/h2-11,13,21,23,25-26,30-31H,12,14-20,22H2,1H3. The molecule has 1 fully saturated rings. The third-order valence-corrected chi connectivity index (χ3v) is 8.45. The van der Waals surface area contributed by atoms with E-state index in [1.165, 1.54) is 56.9 Å². The maximum absolute atomic E-state index is 2.69. The molecule has 31 heavy (non-hydrogen) atoms. The zero-order valence-corrected chi connectivity index (χ0v) is 19.2. The summed E-state index contributed by atoms with van der Waals surface area (Å²) < 4.78 is 0. The lowest BCUT2D eigenvalue weighted by molar-refractivity contribution is 0.210. The van der Waals surface area contributed by atoms with Gasteiger partial charge in [0.2, 0.25) is 0 Å². The van der Waals surface area contributed by atoms with Crippen LogP contribution in [0.2, 0.25) is 0 Å². The molecule has 4 aliphatic carbocycles. The van der Waals surface area contributed by atoms with Gasteiger partial charge in [-0.05, 0) is 91.2 Å². The van der Waals surface area contributed by atoms with E-state index in [0.717, 1.165) is 36.0 Å². The minimum absolute atomic E-state index is 0.727. The second-order valence-electron chi connectivity index (χ2n) is 10.6. The van der Waals surface area contributed by atoms with Gasteiger partial charge in [0.1, 0.15) is 0 Å². The van der Waals surface area contributed by atoms with Crippen LogP contribution in [0.4, 0.5) is 0 Å². The fourth-order valence-electron chi connectivity index (χ4n) is 6.69.